The fourth-order valence-electron chi connectivity index (χ4n) is 4.91. The number of fused-ring (bicyclic) bond motifs is 2. The number of halogens is 1. The van der Waals surface area contributed by atoms with Crippen LogP contribution >= 0.6 is 35.3 Å². The molecule has 0 spiro atoms. The molecule has 162 valence electrons. The topological polar surface area (TPSA) is 60.0 Å². The summed E-state index contributed by atoms with van der Waals surface area (Å²) in [5, 5.41) is 10.8. The van der Waals surface area contributed by atoms with Crippen molar-refractivity contribution in [2.24, 2.45) is 16.8 Å². The predicted octanol–water partition coefficient (Wildman–Crippen LogP) is 3.15. The van der Waals surface area contributed by atoms with Crippen molar-refractivity contribution in [1.82, 2.24) is 15.5 Å². The lowest BCUT2D eigenvalue weighted by atomic mass is 9.95. The van der Waals surface area contributed by atoms with Crippen molar-refractivity contribution in [3.05, 3.63) is 17.5 Å². The fraction of sp³-hybridized carbons (Fsp3) is 0.714. The standard InChI is InChI=1S/C21H33N5OS.HI/c1-25(2)19(27)14-22-21(24-18-13-15-5-6-16(18)12-15)23-17-7-9-26(10-8-17)20-4-3-11-28-20;/h3-4,11,15-18H,5-10,12-14H2,1-2H3,(H2,22,23,24);1H. The molecule has 6 nitrogen and oxygen atoms in total. The number of anilines is 1. The summed E-state index contributed by atoms with van der Waals surface area (Å²) >= 11 is 1.81. The van der Waals surface area contributed by atoms with Crippen molar-refractivity contribution in [1.29, 1.82) is 0 Å². The highest BCUT2D eigenvalue weighted by atomic mass is 127. The first-order valence-corrected chi connectivity index (χ1v) is 11.5. The molecular weight excluding hydrogens is 497 g/mol. The lowest BCUT2D eigenvalue weighted by molar-refractivity contribution is -0.127. The third-order valence-electron chi connectivity index (χ3n) is 6.59. The van der Waals surface area contributed by atoms with Crippen molar-refractivity contribution in [2.45, 2.75) is 50.6 Å². The number of hydrogen-bond acceptors (Lipinski definition) is 4. The van der Waals surface area contributed by atoms with Crippen LogP contribution in [0.15, 0.2) is 22.5 Å². The molecule has 4 rings (SSSR count). The number of carbonyl (C=O) groups excluding carboxylic acids is 1. The molecular formula is C21H34IN5OS. The number of thiophene rings is 1. The maximum atomic E-state index is 12.0. The second kappa shape index (κ2) is 10.3. The van der Waals surface area contributed by atoms with Gasteiger partial charge in [-0.15, -0.1) is 35.3 Å². The molecule has 0 aromatic carbocycles. The molecule has 1 aromatic heterocycles. The van der Waals surface area contributed by atoms with Crippen LogP contribution in [0.1, 0.15) is 38.5 Å². The number of amides is 1. The lowest BCUT2D eigenvalue weighted by Gasteiger charge is -2.34. The first-order chi connectivity index (χ1) is 13.6. The number of guanidine groups is 1. The van der Waals surface area contributed by atoms with Crippen LogP contribution in [0.2, 0.25) is 0 Å². The van der Waals surface area contributed by atoms with Crippen LogP contribution in [0.25, 0.3) is 0 Å². The normalized spacial score (nSPS) is 26.9. The van der Waals surface area contributed by atoms with Gasteiger partial charge in [0.05, 0.1) is 5.00 Å². The van der Waals surface area contributed by atoms with E-state index in [-0.39, 0.29) is 36.4 Å². The summed E-state index contributed by atoms with van der Waals surface area (Å²) in [5.41, 5.74) is 0. The van der Waals surface area contributed by atoms with Crippen LogP contribution in [0.3, 0.4) is 0 Å². The van der Waals surface area contributed by atoms with Crippen molar-refractivity contribution in [3.8, 4) is 0 Å². The molecule has 1 saturated heterocycles. The molecule has 2 saturated carbocycles. The quantitative estimate of drug-likeness (QED) is 0.348. The SMILES string of the molecule is CN(C)C(=O)CN=C(NC1CCN(c2cccs2)CC1)NC1CC2CCC1C2.I. The Bertz CT molecular complexity index is 687. The van der Waals surface area contributed by atoms with E-state index in [1.807, 2.05) is 11.3 Å². The Balaban J connectivity index is 0.00000240. The van der Waals surface area contributed by atoms with E-state index in [0.29, 0.717) is 12.1 Å². The van der Waals surface area contributed by atoms with Gasteiger partial charge in [-0.2, -0.15) is 0 Å². The lowest BCUT2D eigenvalue weighted by Crippen LogP contribution is -2.52. The van der Waals surface area contributed by atoms with Crippen molar-refractivity contribution in [2.75, 3.05) is 38.6 Å². The van der Waals surface area contributed by atoms with Gasteiger partial charge in [-0.05, 0) is 61.5 Å². The van der Waals surface area contributed by atoms with E-state index in [4.69, 9.17) is 0 Å². The van der Waals surface area contributed by atoms with E-state index >= 15 is 0 Å². The Hall–Kier alpha value is -1.03. The van der Waals surface area contributed by atoms with Gasteiger partial charge in [-0.25, -0.2) is 4.99 Å². The molecule has 3 aliphatic rings. The largest absolute Gasteiger partial charge is 0.363 e. The molecule has 1 amide bonds. The zero-order valence-electron chi connectivity index (χ0n) is 17.5. The Labute approximate surface area is 195 Å². The first kappa shape index (κ1) is 22.7. The second-order valence-electron chi connectivity index (χ2n) is 8.74. The maximum absolute atomic E-state index is 12.0. The van der Waals surface area contributed by atoms with Gasteiger partial charge in [0, 0.05) is 39.3 Å². The highest BCUT2D eigenvalue weighted by Crippen LogP contribution is 2.44. The van der Waals surface area contributed by atoms with Gasteiger partial charge < -0.3 is 20.4 Å². The summed E-state index contributed by atoms with van der Waals surface area (Å²) in [7, 11) is 3.57. The van der Waals surface area contributed by atoms with Gasteiger partial charge in [0.25, 0.3) is 0 Å². The zero-order chi connectivity index (χ0) is 19.5. The average molecular weight is 532 g/mol. The average Bonchev–Trinajstić information content (AvgIpc) is 3.44. The molecule has 2 N–H and O–H groups in total. The summed E-state index contributed by atoms with van der Waals surface area (Å²) in [5.74, 6) is 2.55. The zero-order valence-corrected chi connectivity index (χ0v) is 20.6. The minimum atomic E-state index is 0. The number of aliphatic imine (C=N–C) groups is 1. The van der Waals surface area contributed by atoms with Gasteiger partial charge >= 0.3 is 0 Å². The number of nitrogens with zero attached hydrogens (tertiary/aromatic N) is 3. The number of nitrogens with one attached hydrogen (secondary N) is 2. The van der Waals surface area contributed by atoms with Crippen molar-refractivity contribution >= 4 is 52.2 Å². The highest BCUT2D eigenvalue weighted by molar-refractivity contribution is 14.0. The maximum Gasteiger partial charge on any atom is 0.243 e. The third kappa shape index (κ3) is 5.77. The summed E-state index contributed by atoms with van der Waals surface area (Å²) < 4.78 is 0. The molecule has 3 fully saturated rings. The van der Waals surface area contributed by atoms with Crippen LogP contribution < -0.4 is 15.5 Å². The monoisotopic (exact) mass is 531 g/mol. The minimum absolute atomic E-state index is 0. The number of likely N-dealkylation sites (N-methyl/N-ethyl adjacent to an activating group) is 1. The van der Waals surface area contributed by atoms with Gasteiger partial charge in [0.1, 0.15) is 6.54 Å². The third-order valence-corrected chi connectivity index (χ3v) is 7.51. The Kier molecular flexibility index (Phi) is 8.07. The molecule has 2 aliphatic carbocycles. The van der Waals surface area contributed by atoms with Crippen LogP contribution in [0, 0.1) is 11.8 Å². The molecule has 1 aromatic rings. The smallest absolute Gasteiger partial charge is 0.243 e. The van der Waals surface area contributed by atoms with Crippen molar-refractivity contribution < 1.29 is 4.79 Å². The van der Waals surface area contributed by atoms with E-state index in [0.717, 1.165) is 43.7 Å². The Morgan fingerprint density at radius 3 is 2.59 bits per heavy atom. The number of rotatable bonds is 5. The van der Waals surface area contributed by atoms with E-state index in [9.17, 15) is 4.79 Å². The molecule has 8 heteroatoms. The Morgan fingerprint density at radius 2 is 2.00 bits per heavy atom. The molecule has 3 atom stereocenters. The van der Waals surface area contributed by atoms with Gasteiger partial charge in [-0.1, -0.05) is 6.42 Å². The second-order valence-corrected chi connectivity index (χ2v) is 9.66. The number of hydrogen-bond donors (Lipinski definition) is 2. The van der Waals surface area contributed by atoms with Crippen LogP contribution in [-0.2, 0) is 4.79 Å². The van der Waals surface area contributed by atoms with Crippen molar-refractivity contribution in [3.63, 3.8) is 0 Å². The number of carbonyl (C=O) groups is 1. The van der Waals surface area contributed by atoms with E-state index in [2.05, 4.69) is 38.0 Å². The van der Waals surface area contributed by atoms with E-state index in [1.54, 1.807) is 19.0 Å². The fourth-order valence-corrected chi connectivity index (χ4v) is 5.69. The van der Waals surface area contributed by atoms with Gasteiger partial charge in [0.15, 0.2) is 5.96 Å². The van der Waals surface area contributed by atoms with Crippen LogP contribution in [0.5, 0.6) is 0 Å². The highest BCUT2D eigenvalue weighted by Gasteiger charge is 2.40. The molecule has 1 aliphatic heterocycles. The summed E-state index contributed by atoms with van der Waals surface area (Å²) in [6.45, 7) is 2.34. The van der Waals surface area contributed by atoms with Gasteiger partial charge in [-0.3, -0.25) is 4.79 Å². The van der Waals surface area contributed by atoms with Crippen LogP contribution in [0.4, 0.5) is 5.00 Å². The minimum Gasteiger partial charge on any atom is -0.363 e. The number of piperidine rings is 1. The first-order valence-electron chi connectivity index (χ1n) is 10.6. The molecule has 2 bridgehead atoms. The van der Waals surface area contributed by atoms with Crippen LogP contribution in [-0.4, -0.2) is 62.6 Å². The summed E-state index contributed by atoms with van der Waals surface area (Å²) in [4.78, 5) is 20.8. The molecule has 0 radical (unpaired) electrons. The summed E-state index contributed by atoms with van der Waals surface area (Å²) in [6.07, 6.45) is 7.53. The molecule has 3 unspecified atom stereocenters. The van der Waals surface area contributed by atoms with Gasteiger partial charge in [0.2, 0.25) is 5.91 Å². The predicted molar refractivity (Wildman–Crippen MR) is 131 cm³/mol. The molecule has 2 heterocycles. The van der Waals surface area contributed by atoms with E-state index in [1.165, 1.54) is 30.7 Å². The van der Waals surface area contributed by atoms with E-state index < -0.39 is 0 Å². The molecule has 29 heavy (non-hydrogen) atoms. The summed E-state index contributed by atoms with van der Waals surface area (Å²) in [6, 6.07) is 5.26. The Morgan fingerprint density at radius 1 is 1.21 bits per heavy atom.